The van der Waals surface area contributed by atoms with E-state index in [0.717, 1.165) is 22.5 Å². The Labute approximate surface area is 144 Å². The molecule has 1 saturated carbocycles. The van der Waals surface area contributed by atoms with Gasteiger partial charge in [-0.1, -0.05) is 25.3 Å². The summed E-state index contributed by atoms with van der Waals surface area (Å²) in [6.45, 7) is 6.13. The number of nitrogens with one attached hydrogen (secondary N) is 1. The van der Waals surface area contributed by atoms with Crippen molar-refractivity contribution in [3.63, 3.8) is 0 Å². The van der Waals surface area contributed by atoms with Gasteiger partial charge in [0.1, 0.15) is 0 Å². The van der Waals surface area contributed by atoms with E-state index in [9.17, 15) is 4.79 Å². The summed E-state index contributed by atoms with van der Waals surface area (Å²) in [4.78, 5) is 12.8. The predicted octanol–water partition coefficient (Wildman–Crippen LogP) is 4.75. The van der Waals surface area contributed by atoms with Crippen molar-refractivity contribution in [3.05, 3.63) is 46.8 Å². The summed E-state index contributed by atoms with van der Waals surface area (Å²) in [7, 11) is 0. The van der Waals surface area contributed by atoms with E-state index in [-0.39, 0.29) is 5.91 Å². The van der Waals surface area contributed by atoms with Gasteiger partial charge < -0.3 is 15.6 Å². The quantitative estimate of drug-likeness (QED) is 0.800. The molecule has 24 heavy (non-hydrogen) atoms. The number of nitrogens with two attached hydrogens (primary N) is 1. The molecule has 3 N–H and O–H groups in total. The van der Waals surface area contributed by atoms with Gasteiger partial charge in [0.15, 0.2) is 0 Å². The molecule has 0 atom stereocenters. The van der Waals surface area contributed by atoms with E-state index in [2.05, 4.69) is 23.7 Å². The molecule has 1 aromatic carbocycles. The highest BCUT2D eigenvalue weighted by Crippen LogP contribution is 2.32. The zero-order valence-electron chi connectivity index (χ0n) is 14.9. The Balaban J connectivity index is 1.86. The molecule has 2 aromatic rings. The van der Waals surface area contributed by atoms with Crippen LogP contribution in [-0.2, 0) is 0 Å². The number of benzene rings is 1. The molecule has 1 aliphatic carbocycles. The van der Waals surface area contributed by atoms with Crippen molar-refractivity contribution in [2.45, 2.75) is 58.9 Å². The summed E-state index contributed by atoms with van der Waals surface area (Å²) in [5, 5.41) is 3.02. The van der Waals surface area contributed by atoms with Gasteiger partial charge in [-0.3, -0.25) is 4.79 Å². The van der Waals surface area contributed by atoms with Crippen LogP contribution in [0.2, 0.25) is 0 Å². The third-order valence-electron chi connectivity index (χ3n) is 5.18. The number of carbonyl (C=O) groups excluding carboxylic acids is 1. The third-order valence-corrected chi connectivity index (χ3v) is 5.18. The largest absolute Gasteiger partial charge is 0.399 e. The van der Waals surface area contributed by atoms with Gasteiger partial charge in [-0.2, -0.15) is 0 Å². The standard InChI is InChI=1S/C20H27N3O/c1-13-9-10-16(21)12-19(13)22-20(24)18-11-14(2)23(15(18)3)17-7-5-4-6-8-17/h9-12,17H,4-8,21H2,1-3H3,(H,22,24). The maximum absolute atomic E-state index is 12.8. The highest BCUT2D eigenvalue weighted by Gasteiger charge is 2.22. The predicted molar refractivity (Wildman–Crippen MR) is 99.6 cm³/mol. The molecule has 4 heteroatoms. The molecule has 128 valence electrons. The Bertz CT molecular complexity index is 754. The van der Waals surface area contributed by atoms with Crippen molar-refractivity contribution in [1.82, 2.24) is 4.57 Å². The van der Waals surface area contributed by atoms with Crippen LogP contribution < -0.4 is 11.1 Å². The normalized spacial score (nSPS) is 15.5. The molecule has 1 aliphatic rings. The molecule has 0 spiro atoms. The van der Waals surface area contributed by atoms with E-state index in [1.165, 1.54) is 37.8 Å². The molecule has 1 amide bonds. The SMILES string of the molecule is Cc1ccc(N)cc1NC(=O)c1cc(C)n(C2CCCCC2)c1C. The minimum absolute atomic E-state index is 0.0566. The van der Waals surface area contributed by atoms with Crippen molar-refractivity contribution in [2.75, 3.05) is 11.1 Å². The lowest BCUT2D eigenvalue weighted by Gasteiger charge is -2.26. The van der Waals surface area contributed by atoms with Crippen LogP contribution in [0.5, 0.6) is 0 Å². The molecule has 3 rings (SSSR count). The van der Waals surface area contributed by atoms with E-state index in [0.29, 0.717) is 11.7 Å². The Morgan fingerprint density at radius 3 is 2.54 bits per heavy atom. The van der Waals surface area contributed by atoms with Crippen molar-refractivity contribution in [3.8, 4) is 0 Å². The number of amides is 1. The van der Waals surface area contributed by atoms with Gasteiger partial charge in [0.25, 0.3) is 5.91 Å². The second-order valence-electron chi connectivity index (χ2n) is 6.98. The lowest BCUT2D eigenvalue weighted by Crippen LogP contribution is -2.17. The summed E-state index contributed by atoms with van der Waals surface area (Å²) in [6.07, 6.45) is 6.33. The summed E-state index contributed by atoms with van der Waals surface area (Å²) in [6, 6.07) is 8.14. The Morgan fingerprint density at radius 1 is 1.12 bits per heavy atom. The zero-order chi connectivity index (χ0) is 17.3. The van der Waals surface area contributed by atoms with Crippen LogP contribution in [-0.4, -0.2) is 10.5 Å². The minimum Gasteiger partial charge on any atom is -0.399 e. The van der Waals surface area contributed by atoms with Gasteiger partial charge in [-0.15, -0.1) is 0 Å². The number of aryl methyl sites for hydroxylation is 2. The van der Waals surface area contributed by atoms with Gasteiger partial charge in [0.05, 0.1) is 5.56 Å². The molecule has 0 radical (unpaired) electrons. The fourth-order valence-corrected chi connectivity index (χ4v) is 3.87. The lowest BCUT2D eigenvalue weighted by atomic mass is 9.95. The van der Waals surface area contributed by atoms with Crippen LogP contribution in [0.3, 0.4) is 0 Å². The number of hydrogen-bond donors (Lipinski definition) is 2. The van der Waals surface area contributed by atoms with Crippen LogP contribution in [0.1, 0.15) is 65.5 Å². The molecule has 0 bridgehead atoms. The van der Waals surface area contributed by atoms with E-state index in [1.807, 2.05) is 31.2 Å². The number of nitrogen functional groups attached to an aromatic ring is 1. The molecule has 1 heterocycles. The van der Waals surface area contributed by atoms with Gasteiger partial charge in [0, 0.05) is 28.8 Å². The highest BCUT2D eigenvalue weighted by molar-refractivity contribution is 6.05. The number of aromatic nitrogens is 1. The van der Waals surface area contributed by atoms with Gasteiger partial charge in [-0.05, 0) is 57.4 Å². The summed E-state index contributed by atoms with van der Waals surface area (Å²) in [5.74, 6) is -0.0566. The molecule has 0 unspecified atom stereocenters. The van der Waals surface area contributed by atoms with Crippen LogP contribution in [0.4, 0.5) is 11.4 Å². The summed E-state index contributed by atoms with van der Waals surface area (Å²) >= 11 is 0. The first-order valence-corrected chi connectivity index (χ1v) is 8.83. The van der Waals surface area contributed by atoms with Crippen LogP contribution >= 0.6 is 0 Å². The topological polar surface area (TPSA) is 60.0 Å². The molecule has 1 fully saturated rings. The number of nitrogens with zero attached hydrogens (tertiary/aromatic N) is 1. The van der Waals surface area contributed by atoms with Crippen LogP contribution in [0.15, 0.2) is 24.3 Å². The number of rotatable bonds is 3. The molecular formula is C20H27N3O. The maximum atomic E-state index is 12.8. The Morgan fingerprint density at radius 2 is 1.83 bits per heavy atom. The molecular weight excluding hydrogens is 298 g/mol. The zero-order valence-corrected chi connectivity index (χ0v) is 14.9. The summed E-state index contributed by atoms with van der Waals surface area (Å²) in [5.41, 5.74) is 11.3. The molecule has 4 nitrogen and oxygen atoms in total. The molecule has 0 saturated heterocycles. The van der Waals surface area contributed by atoms with Crippen LogP contribution in [0, 0.1) is 20.8 Å². The fourth-order valence-electron chi connectivity index (χ4n) is 3.87. The van der Waals surface area contributed by atoms with E-state index in [1.54, 1.807) is 0 Å². The summed E-state index contributed by atoms with van der Waals surface area (Å²) < 4.78 is 2.36. The smallest absolute Gasteiger partial charge is 0.257 e. The average molecular weight is 325 g/mol. The Kier molecular flexibility index (Phi) is 4.65. The first-order valence-electron chi connectivity index (χ1n) is 8.83. The van der Waals surface area contributed by atoms with Crippen molar-refractivity contribution in [1.29, 1.82) is 0 Å². The van der Waals surface area contributed by atoms with Gasteiger partial charge in [-0.25, -0.2) is 0 Å². The number of anilines is 2. The van der Waals surface area contributed by atoms with E-state index >= 15 is 0 Å². The number of hydrogen-bond acceptors (Lipinski definition) is 2. The second-order valence-corrected chi connectivity index (χ2v) is 6.98. The van der Waals surface area contributed by atoms with Crippen molar-refractivity contribution < 1.29 is 4.79 Å². The first-order chi connectivity index (χ1) is 11.5. The third kappa shape index (κ3) is 3.18. The van der Waals surface area contributed by atoms with E-state index < -0.39 is 0 Å². The van der Waals surface area contributed by atoms with Crippen molar-refractivity contribution >= 4 is 17.3 Å². The monoisotopic (exact) mass is 325 g/mol. The molecule has 0 aliphatic heterocycles. The fraction of sp³-hybridized carbons (Fsp3) is 0.450. The number of carbonyl (C=O) groups is 1. The van der Waals surface area contributed by atoms with Crippen molar-refractivity contribution in [2.24, 2.45) is 0 Å². The van der Waals surface area contributed by atoms with Gasteiger partial charge in [0.2, 0.25) is 0 Å². The van der Waals surface area contributed by atoms with Crippen LogP contribution in [0.25, 0.3) is 0 Å². The molecule has 1 aromatic heterocycles. The Hall–Kier alpha value is -2.23. The lowest BCUT2D eigenvalue weighted by molar-refractivity contribution is 0.102. The van der Waals surface area contributed by atoms with Gasteiger partial charge >= 0.3 is 0 Å². The minimum atomic E-state index is -0.0566. The first kappa shape index (κ1) is 16.6. The maximum Gasteiger partial charge on any atom is 0.257 e. The van der Waals surface area contributed by atoms with E-state index in [4.69, 9.17) is 5.73 Å². The second kappa shape index (κ2) is 6.71. The average Bonchev–Trinajstić information content (AvgIpc) is 2.86. The highest BCUT2D eigenvalue weighted by atomic mass is 16.1.